The highest BCUT2D eigenvalue weighted by molar-refractivity contribution is 7.89. The van der Waals surface area contributed by atoms with Crippen LogP contribution in [0.2, 0.25) is 0 Å². The molecule has 1 N–H and O–H groups in total. The van der Waals surface area contributed by atoms with E-state index >= 15 is 0 Å². The fourth-order valence-corrected chi connectivity index (χ4v) is 4.19. The smallest absolute Gasteiger partial charge is 0.241 e. The molecule has 0 radical (unpaired) electrons. The van der Waals surface area contributed by atoms with Crippen molar-refractivity contribution in [2.75, 3.05) is 32.8 Å². The number of ether oxygens (including phenoxy) is 1. The third kappa shape index (κ3) is 4.88. The molecule has 0 aromatic heterocycles. The van der Waals surface area contributed by atoms with E-state index in [-0.39, 0.29) is 4.90 Å². The Bertz CT molecular complexity index is 834. The molecule has 0 aliphatic carbocycles. The minimum atomic E-state index is -3.84. The zero-order valence-corrected chi connectivity index (χ0v) is 15.5. The number of rotatable bonds is 6. The Hall–Kier alpha value is -1.80. The molecule has 2 aromatic carbocycles. The maximum Gasteiger partial charge on any atom is 0.241 e. The molecule has 26 heavy (non-hydrogen) atoms. The normalized spacial score (nSPS) is 17.2. The molecule has 7 heteroatoms. The van der Waals surface area contributed by atoms with Crippen LogP contribution in [0, 0.1) is 12.7 Å². The molecule has 1 saturated heterocycles. The van der Waals surface area contributed by atoms with E-state index in [1.54, 1.807) is 0 Å². The van der Waals surface area contributed by atoms with E-state index in [2.05, 4.69) is 9.62 Å². The SMILES string of the molecule is Cc1ccc(C(CN2CCOCC2)NS(=O)(=O)c2cccc(F)c2)cc1. The summed E-state index contributed by atoms with van der Waals surface area (Å²) in [7, 11) is -3.84. The summed E-state index contributed by atoms with van der Waals surface area (Å²) >= 11 is 0. The summed E-state index contributed by atoms with van der Waals surface area (Å²) in [6.45, 7) is 5.29. The molecule has 140 valence electrons. The van der Waals surface area contributed by atoms with Crippen molar-refractivity contribution in [3.8, 4) is 0 Å². The quantitative estimate of drug-likeness (QED) is 0.839. The number of halogens is 1. The number of sulfonamides is 1. The van der Waals surface area contributed by atoms with Crippen LogP contribution in [0.5, 0.6) is 0 Å². The van der Waals surface area contributed by atoms with E-state index in [1.165, 1.54) is 18.2 Å². The third-order valence-corrected chi connectivity index (χ3v) is 5.90. The molecule has 2 aromatic rings. The van der Waals surface area contributed by atoms with Crippen molar-refractivity contribution in [3.05, 3.63) is 65.5 Å². The summed E-state index contributed by atoms with van der Waals surface area (Å²) in [5, 5.41) is 0. The van der Waals surface area contributed by atoms with Crippen LogP contribution in [0.25, 0.3) is 0 Å². The molecule has 0 amide bonds. The second-order valence-corrected chi connectivity index (χ2v) is 8.17. The first-order valence-corrected chi connectivity index (χ1v) is 10.1. The monoisotopic (exact) mass is 378 g/mol. The molecule has 1 fully saturated rings. The van der Waals surface area contributed by atoms with Crippen molar-refractivity contribution in [1.29, 1.82) is 0 Å². The lowest BCUT2D eigenvalue weighted by atomic mass is 10.1. The number of nitrogens with zero attached hydrogens (tertiary/aromatic N) is 1. The molecule has 1 aliphatic heterocycles. The van der Waals surface area contributed by atoms with Gasteiger partial charge in [-0.3, -0.25) is 4.90 Å². The van der Waals surface area contributed by atoms with Gasteiger partial charge < -0.3 is 4.74 Å². The number of hydrogen-bond acceptors (Lipinski definition) is 4. The summed E-state index contributed by atoms with van der Waals surface area (Å²) in [5.41, 5.74) is 1.98. The third-order valence-electron chi connectivity index (χ3n) is 4.43. The van der Waals surface area contributed by atoms with Crippen LogP contribution in [0.15, 0.2) is 53.4 Å². The van der Waals surface area contributed by atoms with E-state index in [0.717, 1.165) is 30.3 Å². The van der Waals surface area contributed by atoms with Crippen LogP contribution in [-0.4, -0.2) is 46.2 Å². The minimum absolute atomic E-state index is 0.0726. The van der Waals surface area contributed by atoms with Crippen molar-refractivity contribution < 1.29 is 17.5 Å². The maximum absolute atomic E-state index is 13.5. The van der Waals surface area contributed by atoms with Gasteiger partial charge in [0.1, 0.15) is 5.82 Å². The van der Waals surface area contributed by atoms with Crippen LogP contribution < -0.4 is 4.72 Å². The minimum Gasteiger partial charge on any atom is -0.379 e. The number of nitrogens with one attached hydrogen (secondary N) is 1. The molecule has 1 aliphatic rings. The highest BCUT2D eigenvalue weighted by Gasteiger charge is 2.24. The summed E-state index contributed by atoms with van der Waals surface area (Å²) in [6.07, 6.45) is 0. The summed E-state index contributed by atoms with van der Waals surface area (Å²) < 4.78 is 47.1. The van der Waals surface area contributed by atoms with Gasteiger partial charge in [0.2, 0.25) is 10.0 Å². The van der Waals surface area contributed by atoms with Gasteiger partial charge in [-0.05, 0) is 30.7 Å². The Kier molecular flexibility index (Phi) is 6.03. The lowest BCUT2D eigenvalue weighted by molar-refractivity contribution is 0.0345. The number of benzene rings is 2. The molecule has 5 nitrogen and oxygen atoms in total. The van der Waals surface area contributed by atoms with Gasteiger partial charge in [0.05, 0.1) is 24.2 Å². The van der Waals surface area contributed by atoms with Crippen molar-refractivity contribution >= 4 is 10.0 Å². The van der Waals surface area contributed by atoms with E-state index in [1.807, 2.05) is 31.2 Å². The molecule has 1 unspecified atom stereocenters. The van der Waals surface area contributed by atoms with Crippen LogP contribution in [0.3, 0.4) is 0 Å². The molecule has 0 saturated carbocycles. The Labute approximate surface area is 153 Å². The summed E-state index contributed by atoms with van der Waals surface area (Å²) in [5.74, 6) is -0.576. The Morgan fingerprint density at radius 1 is 1.15 bits per heavy atom. The van der Waals surface area contributed by atoms with Gasteiger partial charge in [-0.15, -0.1) is 0 Å². The summed E-state index contributed by atoms with van der Waals surface area (Å²) in [4.78, 5) is 2.10. The molecule has 0 bridgehead atoms. The van der Waals surface area contributed by atoms with Crippen molar-refractivity contribution in [1.82, 2.24) is 9.62 Å². The second kappa shape index (κ2) is 8.26. The van der Waals surface area contributed by atoms with Crippen LogP contribution >= 0.6 is 0 Å². The molecular weight excluding hydrogens is 355 g/mol. The van der Waals surface area contributed by atoms with Gasteiger partial charge in [0, 0.05) is 19.6 Å². The number of hydrogen-bond donors (Lipinski definition) is 1. The van der Waals surface area contributed by atoms with E-state index in [9.17, 15) is 12.8 Å². The largest absolute Gasteiger partial charge is 0.379 e. The van der Waals surface area contributed by atoms with Crippen molar-refractivity contribution in [2.24, 2.45) is 0 Å². The molecule has 1 atom stereocenters. The first kappa shape index (κ1) is 19.0. The van der Waals surface area contributed by atoms with Gasteiger partial charge in [-0.2, -0.15) is 0 Å². The predicted molar refractivity (Wildman–Crippen MR) is 97.9 cm³/mol. The van der Waals surface area contributed by atoms with E-state index < -0.39 is 21.9 Å². The van der Waals surface area contributed by atoms with Crippen molar-refractivity contribution in [3.63, 3.8) is 0 Å². The van der Waals surface area contributed by atoms with Gasteiger partial charge in [0.25, 0.3) is 0 Å². The lowest BCUT2D eigenvalue weighted by Crippen LogP contribution is -2.43. The highest BCUT2D eigenvalue weighted by Crippen LogP contribution is 2.20. The average molecular weight is 378 g/mol. The van der Waals surface area contributed by atoms with Crippen LogP contribution in [-0.2, 0) is 14.8 Å². The van der Waals surface area contributed by atoms with Gasteiger partial charge in [0.15, 0.2) is 0 Å². The van der Waals surface area contributed by atoms with Crippen LogP contribution in [0.4, 0.5) is 4.39 Å². The first-order chi connectivity index (χ1) is 12.4. The topological polar surface area (TPSA) is 58.6 Å². The standard InChI is InChI=1S/C19H23FN2O3S/c1-15-5-7-16(8-6-15)19(14-22-9-11-25-12-10-22)21-26(23,24)18-4-2-3-17(20)13-18/h2-8,13,19,21H,9-12,14H2,1H3. The van der Waals surface area contributed by atoms with Gasteiger partial charge in [-0.1, -0.05) is 35.9 Å². The number of aryl methyl sites for hydroxylation is 1. The molecule has 1 heterocycles. The first-order valence-electron chi connectivity index (χ1n) is 8.58. The Balaban J connectivity index is 1.85. The zero-order chi connectivity index (χ0) is 18.6. The second-order valence-electron chi connectivity index (χ2n) is 6.45. The predicted octanol–water partition coefficient (Wildman–Crippen LogP) is 2.49. The van der Waals surface area contributed by atoms with Crippen molar-refractivity contribution in [2.45, 2.75) is 17.9 Å². The molecular formula is C19H23FN2O3S. The highest BCUT2D eigenvalue weighted by atomic mass is 32.2. The van der Waals surface area contributed by atoms with Crippen LogP contribution in [0.1, 0.15) is 17.2 Å². The zero-order valence-electron chi connectivity index (χ0n) is 14.7. The van der Waals surface area contributed by atoms with Gasteiger partial charge in [-0.25, -0.2) is 17.5 Å². The fraction of sp³-hybridized carbons (Fsp3) is 0.368. The molecule has 3 rings (SSSR count). The maximum atomic E-state index is 13.5. The fourth-order valence-electron chi connectivity index (χ4n) is 2.94. The summed E-state index contributed by atoms with van der Waals surface area (Å²) in [6, 6.07) is 12.4. The lowest BCUT2D eigenvalue weighted by Gasteiger charge is -2.31. The van der Waals surface area contributed by atoms with Gasteiger partial charge >= 0.3 is 0 Å². The Morgan fingerprint density at radius 3 is 2.50 bits per heavy atom. The average Bonchev–Trinajstić information content (AvgIpc) is 2.62. The van der Waals surface area contributed by atoms with E-state index in [0.29, 0.717) is 19.8 Å². The Morgan fingerprint density at radius 2 is 1.85 bits per heavy atom. The number of morpholine rings is 1. The molecule has 0 spiro atoms. The van der Waals surface area contributed by atoms with E-state index in [4.69, 9.17) is 4.74 Å².